The third-order valence-corrected chi connectivity index (χ3v) is 4.53. The van der Waals surface area contributed by atoms with Crippen molar-refractivity contribution in [2.75, 3.05) is 6.54 Å². The van der Waals surface area contributed by atoms with E-state index in [2.05, 4.69) is 10.3 Å². The zero-order valence-corrected chi connectivity index (χ0v) is 9.49. The lowest BCUT2D eigenvalue weighted by molar-refractivity contribution is 0.0209. The molecule has 1 saturated carbocycles. The van der Waals surface area contributed by atoms with Crippen LogP contribution in [0.5, 0.6) is 0 Å². The highest BCUT2D eigenvalue weighted by Gasteiger charge is 2.39. The van der Waals surface area contributed by atoms with E-state index in [1.807, 2.05) is 0 Å². The lowest BCUT2D eigenvalue weighted by Gasteiger charge is -2.49. The fourth-order valence-corrected chi connectivity index (χ4v) is 3.51. The fraction of sp³-hybridized carbons (Fsp3) is 1.00. The van der Waals surface area contributed by atoms with E-state index in [-0.39, 0.29) is 0 Å². The zero-order chi connectivity index (χ0) is 10.3. The Morgan fingerprint density at radius 1 is 1.07 bits per heavy atom. The van der Waals surface area contributed by atoms with Crippen LogP contribution in [0, 0.1) is 5.92 Å². The highest BCUT2D eigenvalue weighted by Crippen LogP contribution is 2.38. The van der Waals surface area contributed by atoms with Gasteiger partial charge in [0, 0.05) is 24.7 Å². The van der Waals surface area contributed by atoms with Gasteiger partial charge in [-0.2, -0.15) is 0 Å². The minimum absolute atomic E-state index is 0.579. The first-order chi connectivity index (χ1) is 7.36. The molecule has 2 aliphatic heterocycles. The largest absolute Gasteiger partial charge is 0.297 e. The van der Waals surface area contributed by atoms with Crippen molar-refractivity contribution in [2.24, 2.45) is 11.8 Å². The fourth-order valence-electron chi connectivity index (χ4n) is 3.51. The van der Waals surface area contributed by atoms with Crippen molar-refractivity contribution in [3.05, 3.63) is 0 Å². The number of fused-ring (bicyclic) bond motifs is 2. The molecule has 2 bridgehead atoms. The Labute approximate surface area is 92.4 Å². The van der Waals surface area contributed by atoms with E-state index >= 15 is 0 Å². The van der Waals surface area contributed by atoms with E-state index in [0.717, 1.165) is 18.0 Å². The molecule has 0 aromatic rings. The van der Waals surface area contributed by atoms with Crippen molar-refractivity contribution in [1.82, 2.24) is 10.3 Å². The number of nitrogens with one attached hydrogen (secondary N) is 1. The van der Waals surface area contributed by atoms with Crippen LogP contribution in [-0.2, 0) is 0 Å². The van der Waals surface area contributed by atoms with E-state index in [9.17, 15) is 0 Å². The van der Waals surface area contributed by atoms with Crippen LogP contribution < -0.4 is 11.3 Å². The van der Waals surface area contributed by atoms with E-state index in [1.54, 1.807) is 0 Å². The van der Waals surface area contributed by atoms with Crippen LogP contribution in [0.3, 0.4) is 0 Å². The van der Waals surface area contributed by atoms with Crippen molar-refractivity contribution >= 4 is 0 Å². The smallest absolute Gasteiger partial charge is 0.0240 e. The number of nitrogens with two attached hydrogens (primary N) is 1. The molecule has 0 radical (unpaired) electrons. The van der Waals surface area contributed by atoms with E-state index in [4.69, 9.17) is 5.84 Å². The number of hydrogen-bond acceptors (Lipinski definition) is 3. The first kappa shape index (κ1) is 10.1. The summed E-state index contributed by atoms with van der Waals surface area (Å²) in [6, 6.07) is 2.24. The van der Waals surface area contributed by atoms with Crippen LogP contribution in [-0.4, -0.2) is 29.6 Å². The average Bonchev–Trinajstić information content (AvgIpc) is 3.01. The average molecular weight is 209 g/mol. The highest BCUT2D eigenvalue weighted by atomic mass is 15.3. The van der Waals surface area contributed by atoms with Crippen LogP contribution in [0.4, 0.5) is 0 Å². The normalized spacial score (nSPS) is 41.8. The molecule has 0 spiro atoms. The molecule has 0 aromatic carbocycles. The monoisotopic (exact) mass is 209 g/mol. The van der Waals surface area contributed by atoms with Crippen molar-refractivity contribution in [3.8, 4) is 0 Å². The summed E-state index contributed by atoms with van der Waals surface area (Å²) in [4.78, 5) is 2.81. The first-order valence-electron chi connectivity index (χ1n) is 6.58. The van der Waals surface area contributed by atoms with E-state index in [0.29, 0.717) is 6.04 Å². The number of piperidine rings is 2. The molecule has 3 aliphatic rings. The molecule has 2 saturated heterocycles. The maximum absolute atomic E-state index is 5.60. The topological polar surface area (TPSA) is 41.3 Å². The van der Waals surface area contributed by atoms with Gasteiger partial charge in [0.25, 0.3) is 0 Å². The molecule has 3 nitrogen and oxygen atoms in total. The SMILES string of the molecule is NNC1C[C@H]2CCC[C@H](C1)N2CC1CC1. The molecule has 2 atom stereocenters. The minimum atomic E-state index is 0.579. The Hall–Kier alpha value is -0.120. The number of nitrogens with zero attached hydrogens (tertiary/aromatic N) is 1. The maximum Gasteiger partial charge on any atom is 0.0240 e. The molecule has 0 aromatic heterocycles. The second kappa shape index (κ2) is 4.04. The van der Waals surface area contributed by atoms with Crippen LogP contribution in [0.15, 0.2) is 0 Å². The molecule has 0 unspecified atom stereocenters. The van der Waals surface area contributed by atoms with Gasteiger partial charge in [-0.3, -0.25) is 16.2 Å². The molecule has 86 valence electrons. The van der Waals surface area contributed by atoms with Gasteiger partial charge in [-0.1, -0.05) is 6.42 Å². The minimum Gasteiger partial charge on any atom is -0.297 e. The second-order valence-electron chi connectivity index (χ2n) is 5.71. The molecule has 15 heavy (non-hydrogen) atoms. The van der Waals surface area contributed by atoms with Gasteiger partial charge in [-0.15, -0.1) is 0 Å². The van der Waals surface area contributed by atoms with Crippen LogP contribution >= 0.6 is 0 Å². The summed E-state index contributed by atoms with van der Waals surface area (Å²) in [6.45, 7) is 1.38. The number of hydrazine groups is 1. The molecule has 1 aliphatic carbocycles. The van der Waals surface area contributed by atoms with Gasteiger partial charge in [-0.05, 0) is 44.4 Å². The summed E-state index contributed by atoms with van der Waals surface area (Å²) < 4.78 is 0. The van der Waals surface area contributed by atoms with Crippen molar-refractivity contribution in [3.63, 3.8) is 0 Å². The Bertz CT molecular complexity index is 213. The van der Waals surface area contributed by atoms with Crippen molar-refractivity contribution in [2.45, 2.75) is 63.1 Å². The molecule has 3 rings (SSSR count). The van der Waals surface area contributed by atoms with Crippen LogP contribution in [0.25, 0.3) is 0 Å². The number of hydrogen-bond donors (Lipinski definition) is 2. The maximum atomic E-state index is 5.60. The van der Waals surface area contributed by atoms with Gasteiger partial charge in [0.1, 0.15) is 0 Å². The Balaban J connectivity index is 1.66. The Morgan fingerprint density at radius 3 is 2.27 bits per heavy atom. The molecule has 3 N–H and O–H groups in total. The summed E-state index contributed by atoms with van der Waals surface area (Å²) in [7, 11) is 0. The predicted octanol–water partition coefficient (Wildman–Crippen LogP) is 1.25. The molecule has 3 fully saturated rings. The summed E-state index contributed by atoms with van der Waals surface area (Å²) in [5.74, 6) is 6.63. The van der Waals surface area contributed by atoms with Gasteiger partial charge < -0.3 is 0 Å². The summed E-state index contributed by atoms with van der Waals surface area (Å²) >= 11 is 0. The van der Waals surface area contributed by atoms with Crippen LogP contribution in [0.2, 0.25) is 0 Å². The quantitative estimate of drug-likeness (QED) is 0.543. The molecular formula is C12H23N3. The third-order valence-electron chi connectivity index (χ3n) is 4.53. The van der Waals surface area contributed by atoms with Crippen molar-refractivity contribution < 1.29 is 0 Å². The predicted molar refractivity (Wildman–Crippen MR) is 61.2 cm³/mol. The summed E-state index contributed by atoms with van der Waals surface area (Å²) in [5, 5.41) is 0. The third kappa shape index (κ3) is 2.05. The highest BCUT2D eigenvalue weighted by molar-refractivity contribution is 4.96. The van der Waals surface area contributed by atoms with Gasteiger partial charge in [0.2, 0.25) is 0 Å². The van der Waals surface area contributed by atoms with E-state index in [1.165, 1.54) is 51.5 Å². The van der Waals surface area contributed by atoms with Crippen LogP contribution in [0.1, 0.15) is 44.9 Å². The summed E-state index contributed by atoms with van der Waals surface area (Å²) in [5.41, 5.74) is 3.00. The molecular weight excluding hydrogens is 186 g/mol. The molecule has 2 heterocycles. The summed E-state index contributed by atoms with van der Waals surface area (Å²) in [6.07, 6.45) is 9.76. The Kier molecular flexibility index (Phi) is 2.71. The van der Waals surface area contributed by atoms with Gasteiger partial charge in [0.05, 0.1) is 0 Å². The lowest BCUT2D eigenvalue weighted by Crippen LogP contribution is -2.57. The standard InChI is InChI=1S/C12H23N3/c13-14-10-6-11-2-1-3-12(7-10)15(11)8-9-4-5-9/h9-12,14H,1-8,13H2/t11-,12-/m1/s1. The number of rotatable bonds is 3. The zero-order valence-electron chi connectivity index (χ0n) is 9.49. The Morgan fingerprint density at radius 2 is 1.73 bits per heavy atom. The second-order valence-corrected chi connectivity index (χ2v) is 5.71. The van der Waals surface area contributed by atoms with Gasteiger partial charge in [-0.25, -0.2) is 0 Å². The molecule has 0 amide bonds. The van der Waals surface area contributed by atoms with Gasteiger partial charge >= 0.3 is 0 Å². The van der Waals surface area contributed by atoms with E-state index < -0.39 is 0 Å². The van der Waals surface area contributed by atoms with Gasteiger partial charge in [0.15, 0.2) is 0 Å². The molecule has 3 heteroatoms. The van der Waals surface area contributed by atoms with Crippen molar-refractivity contribution in [1.29, 1.82) is 0 Å². The first-order valence-corrected chi connectivity index (χ1v) is 6.58. The lowest BCUT2D eigenvalue weighted by atomic mass is 9.82.